The van der Waals surface area contributed by atoms with Crippen molar-refractivity contribution in [2.24, 2.45) is 0 Å². The second-order valence-electron chi connectivity index (χ2n) is 4.11. The standard InChI is InChI=1S/C10H15N3O3/c1-10(2,6-14)13(3)8-5-4-7(9(15)16)11-12-8/h4-5,14H,6H2,1-3H3,(H,15,16). The van der Waals surface area contributed by atoms with Crippen LogP contribution in [0.2, 0.25) is 0 Å². The van der Waals surface area contributed by atoms with Crippen molar-refractivity contribution in [2.45, 2.75) is 19.4 Å². The number of aromatic nitrogens is 2. The molecule has 6 nitrogen and oxygen atoms in total. The molecule has 2 N–H and O–H groups in total. The fraction of sp³-hybridized carbons (Fsp3) is 0.500. The molecule has 1 rings (SSSR count). The molecule has 88 valence electrons. The lowest BCUT2D eigenvalue weighted by atomic mass is 10.1. The maximum Gasteiger partial charge on any atom is 0.356 e. The van der Waals surface area contributed by atoms with Crippen molar-refractivity contribution in [1.29, 1.82) is 0 Å². The van der Waals surface area contributed by atoms with Crippen LogP contribution in [0.3, 0.4) is 0 Å². The van der Waals surface area contributed by atoms with Gasteiger partial charge in [0.15, 0.2) is 11.5 Å². The summed E-state index contributed by atoms with van der Waals surface area (Å²) in [5.41, 5.74) is -0.571. The lowest BCUT2D eigenvalue weighted by Crippen LogP contribution is -2.44. The van der Waals surface area contributed by atoms with Crippen molar-refractivity contribution in [3.8, 4) is 0 Å². The van der Waals surface area contributed by atoms with E-state index in [2.05, 4.69) is 10.2 Å². The van der Waals surface area contributed by atoms with Gasteiger partial charge in [0, 0.05) is 7.05 Å². The number of nitrogens with zero attached hydrogens (tertiary/aromatic N) is 3. The summed E-state index contributed by atoms with van der Waals surface area (Å²) in [5.74, 6) is -0.591. The fourth-order valence-corrected chi connectivity index (χ4v) is 1.03. The van der Waals surface area contributed by atoms with Crippen molar-refractivity contribution >= 4 is 11.8 Å². The summed E-state index contributed by atoms with van der Waals surface area (Å²) in [6.07, 6.45) is 0. The van der Waals surface area contributed by atoms with Gasteiger partial charge in [0.2, 0.25) is 0 Å². The highest BCUT2D eigenvalue weighted by atomic mass is 16.4. The quantitative estimate of drug-likeness (QED) is 0.770. The monoisotopic (exact) mass is 225 g/mol. The van der Waals surface area contributed by atoms with Crippen LogP contribution in [0.5, 0.6) is 0 Å². The number of anilines is 1. The summed E-state index contributed by atoms with van der Waals surface area (Å²) in [7, 11) is 1.76. The molecule has 0 fully saturated rings. The van der Waals surface area contributed by atoms with Gasteiger partial charge in [0.1, 0.15) is 0 Å². The summed E-state index contributed by atoms with van der Waals surface area (Å²) in [6, 6.07) is 2.95. The molecule has 1 aromatic rings. The van der Waals surface area contributed by atoms with Gasteiger partial charge in [0.05, 0.1) is 12.1 Å². The zero-order valence-electron chi connectivity index (χ0n) is 9.51. The molecule has 1 aromatic heterocycles. The van der Waals surface area contributed by atoms with Gasteiger partial charge in [-0.15, -0.1) is 10.2 Å². The summed E-state index contributed by atoms with van der Waals surface area (Å²) in [4.78, 5) is 12.3. The third-order valence-corrected chi connectivity index (χ3v) is 2.51. The van der Waals surface area contributed by atoms with Crippen LogP contribution in [-0.4, -0.2) is 45.6 Å². The smallest absolute Gasteiger partial charge is 0.356 e. The zero-order valence-corrected chi connectivity index (χ0v) is 9.51. The van der Waals surface area contributed by atoms with E-state index >= 15 is 0 Å². The minimum Gasteiger partial charge on any atom is -0.476 e. The highest BCUT2D eigenvalue weighted by Crippen LogP contribution is 2.18. The van der Waals surface area contributed by atoms with E-state index in [1.807, 2.05) is 13.8 Å². The maximum atomic E-state index is 10.6. The largest absolute Gasteiger partial charge is 0.476 e. The molecule has 0 aliphatic carbocycles. The number of rotatable bonds is 4. The van der Waals surface area contributed by atoms with Crippen molar-refractivity contribution in [2.75, 3.05) is 18.6 Å². The number of hydrogen-bond donors (Lipinski definition) is 2. The van der Waals surface area contributed by atoms with Gasteiger partial charge in [-0.3, -0.25) is 0 Å². The molecule has 0 atom stereocenters. The number of aliphatic hydroxyl groups excluding tert-OH is 1. The van der Waals surface area contributed by atoms with E-state index in [0.717, 1.165) is 0 Å². The Hall–Kier alpha value is -1.69. The molecule has 0 saturated heterocycles. The number of carbonyl (C=O) groups is 1. The van der Waals surface area contributed by atoms with Gasteiger partial charge in [0.25, 0.3) is 0 Å². The average Bonchev–Trinajstić information content (AvgIpc) is 2.28. The average molecular weight is 225 g/mol. The van der Waals surface area contributed by atoms with Crippen molar-refractivity contribution in [3.05, 3.63) is 17.8 Å². The summed E-state index contributed by atoms with van der Waals surface area (Å²) in [5, 5.41) is 25.2. The zero-order chi connectivity index (χ0) is 12.3. The molecule has 16 heavy (non-hydrogen) atoms. The summed E-state index contributed by atoms with van der Waals surface area (Å²) in [6.45, 7) is 3.66. The third-order valence-electron chi connectivity index (χ3n) is 2.51. The van der Waals surface area contributed by atoms with E-state index in [-0.39, 0.29) is 12.3 Å². The number of aromatic carboxylic acids is 1. The van der Waals surface area contributed by atoms with Gasteiger partial charge >= 0.3 is 5.97 Å². The van der Waals surface area contributed by atoms with E-state index in [4.69, 9.17) is 5.11 Å². The van der Waals surface area contributed by atoms with Crippen LogP contribution in [0.1, 0.15) is 24.3 Å². The van der Waals surface area contributed by atoms with Gasteiger partial charge < -0.3 is 15.1 Å². The van der Waals surface area contributed by atoms with Crippen LogP contribution in [0.4, 0.5) is 5.82 Å². The molecule has 0 aliphatic heterocycles. The molecule has 0 saturated carbocycles. The van der Waals surface area contributed by atoms with E-state index in [9.17, 15) is 9.90 Å². The second-order valence-corrected chi connectivity index (χ2v) is 4.11. The Morgan fingerprint density at radius 1 is 1.44 bits per heavy atom. The number of hydrogen-bond acceptors (Lipinski definition) is 5. The minimum atomic E-state index is -1.11. The normalized spacial score (nSPS) is 11.2. The Labute approximate surface area is 93.5 Å². The molecule has 0 bridgehead atoms. The van der Waals surface area contributed by atoms with Crippen molar-refractivity contribution < 1.29 is 15.0 Å². The first-order chi connectivity index (χ1) is 7.38. The number of likely N-dealkylation sites (N-methyl/N-ethyl adjacent to an activating group) is 1. The lowest BCUT2D eigenvalue weighted by molar-refractivity contribution is 0.0689. The van der Waals surface area contributed by atoms with Gasteiger partial charge in [-0.25, -0.2) is 4.79 Å². The fourth-order valence-electron chi connectivity index (χ4n) is 1.03. The highest BCUT2D eigenvalue weighted by molar-refractivity contribution is 5.85. The molecular formula is C10H15N3O3. The Balaban J connectivity index is 2.94. The topological polar surface area (TPSA) is 86.6 Å². The maximum absolute atomic E-state index is 10.6. The third kappa shape index (κ3) is 2.46. The molecular weight excluding hydrogens is 210 g/mol. The van der Waals surface area contributed by atoms with E-state index < -0.39 is 11.5 Å². The molecule has 0 aromatic carbocycles. The predicted molar refractivity (Wildman–Crippen MR) is 58.6 cm³/mol. The van der Waals surface area contributed by atoms with Crippen LogP contribution in [0, 0.1) is 0 Å². The van der Waals surface area contributed by atoms with Crippen LogP contribution in [0.15, 0.2) is 12.1 Å². The van der Waals surface area contributed by atoms with Crippen LogP contribution < -0.4 is 4.90 Å². The first-order valence-electron chi connectivity index (χ1n) is 4.80. The Morgan fingerprint density at radius 3 is 2.44 bits per heavy atom. The van der Waals surface area contributed by atoms with Crippen LogP contribution >= 0.6 is 0 Å². The van der Waals surface area contributed by atoms with Crippen molar-refractivity contribution in [1.82, 2.24) is 10.2 Å². The minimum absolute atomic E-state index is 0.0359. The molecule has 0 aliphatic rings. The van der Waals surface area contributed by atoms with E-state index in [0.29, 0.717) is 5.82 Å². The van der Waals surface area contributed by atoms with Crippen LogP contribution in [0.25, 0.3) is 0 Å². The number of aliphatic hydroxyl groups is 1. The van der Waals surface area contributed by atoms with Crippen LogP contribution in [-0.2, 0) is 0 Å². The first-order valence-corrected chi connectivity index (χ1v) is 4.80. The second kappa shape index (κ2) is 4.44. The Kier molecular flexibility index (Phi) is 3.44. The lowest BCUT2D eigenvalue weighted by Gasteiger charge is -2.34. The molecule has 0 spiro atoms. The molecule has 0 amide bonds. The highest BCUT2D eigenvalue weighted by Gasteiger charge is 2.24. The first kappa shape index (κ1) is 12.4. The Morgan fingerprint density at radius 2 is 2.06 bits per heavy atom. The predicted octanol–water partition coefficient (Wildman–Crippen LogP) is 0.382. The summed E-state index contributed by atoms with van der Waals surface area (Å²) < 4.78 is 0. The Bertz CT molecular complexity index is 375. The molecule has 6 heteroatoms. The molecule has 0 unspecified atom stereocenters. The SMILES string of the molecule is CN(c1ccc(C(=O)O)nn1)C(C)(C)CO. The van der Waals surface area contributed by atoms with Gasteiger partial charge in [-0.1, -0.05) is 0 Å². The summed E-state index contributed by atoms with van der Waals surface area (Å²) >= 11 is 0. The van der Waals surface area contributed by atoms with Gasteiger partial charge in [-0.05, 0) is 26.0 Å². The number of carboxylic acids is 1. The van der Waals surface area contributed by atoms with E-state index in [1.54, 1.807) is 18.0 Å². The van der Waals surface area contributed by atoms with E-state index in [1.165, 1.54) is 6.07 Å². The van der Waals surface area contributed by atoms with Gasteiger partial charge in [-0.2, -0.15) is 0 Å². The molecule has 1 heterocycles. The van der Waals surface area contributed by atoms with Crippen molar-refractivity contribution in [3.63, 3.8) is 0 Å². The number of carboxylic acid groups (broad SMARTS) is 1. The molecule has 0 radical (unpaired) electrons.